The quantitative estimate of drug-likeness (QED) is 0.420. The highest BCUT2D eigenvalue weighted by molar-refractivity contribution is 6.45. The van der Waals surface area contributed by atoms with Crippen LogP contribution in [-0.4, -0.2) is 21.3 Å². The molecule has 0 aliphatic carbocycles. The molecule has 9 heavy (non-hydrogen) atoms. The Kier molecular flexibility index (Phi) is 4.45. The van der Waals surface area contributed by atoms with Gasteiger partial charge in [0.05, 0.1) is 0 Å². The highest BCUT2D eigenvalue weighted by Crippen LogP contribution is 2.02. The van der Waals surface area contributed by atoms with Crippen molar-refractivity contribution in [3.8, 4) is 0 Å². The Morgan fingerprint density at radius 1 is 1.44 bits per heavy atom. The van der Waals surface area contributed by atoms with Crippen LogP contribution in [0.3, 0.4) is 0 Å². The zero-order valence-electron chi connectivity index (χ0n) is 6.31. The highest BCUT2D eigenvalue weighted by atomic mass is 16.6. The maximum atomic E-state index is 4.93. The zero-order chi connectivity index (χ0) is 7.28. The van der Waals surface area contributed by atoms with Gasteiger partial charge in [0.1, 0.15) is 0 Å². The summed E-state index contributed by atoms with van der Waals surface area (Å²) in [6.07, 6.45) is 0.771. The van der Waals surface area contributed by atoms with Crippen molar-refractivity contribution in [2.24, 2.45) is 0 Å². The fraction of sp³-hybridized carbons (Fsp3) is 0.667. The molecule has 0 fully saturated rings. The Bertz CT molecular complexity index is 89.1. The third-order valence-electron chi connectivity index (χ3n) is 1.04. The van der Waals surface area contributed by atoms with E-state index in [-0.39, 0.29) is 7.12 Å². The molecule has 0 bridgehead atoms. The molecule has 2 nitrogen and oxygen atoms in total. The minimum Gasteiger partial charge on any atom is -0.414 e. The van der Waals surface area contributed by atoms with Crippen LogP contribution in [0.2, 0.25) is 6.32 Å². The van der Waals surface area contributed by atoms with Gasteiger partial charge in [-0.05, 0) is 6.92 Å². The minimum absolute atomic E-state index is 0.123. The van der Waals surface area contributed by atoms with Crippen LogP contribution in [-0.2, 0) is 9.31 Å². The number of allylic oxidation sites excluding steroid dienone is 1. The van der Waals surface area contributed by atoms with Crippen LogP contribution < -0.4 is 0 Å². The molecule has 52 valence electrons. The third kappa shape index (κ3) is 4.24. The first kappa shape index (κ1) is 8.72. The standard InChI is InChI=1S/C6H13BO2/c1-6(2)5-7(8-3)9-4/h1,5H2,2-4H3. The van der Waals surface area contributed by atoms with E-state index < -0.39 is 0 Å². The van der Waals surface area contributed by atoms with Crippen molar-refractivity contribution in [3.05, 3.63) is 12.2 Å². The van der Waals surface area contributed by atoms with E-state index in [0.717, 1.165) is 11.9 Å². The molecule has 0 aliphatic heterocycles. The molecule has 0 unspecified atom stereocenters. The van der Waals surface area contributed by atoms with Crippen LogP contribution in [0.25, 0.3) is 0 Å². The summed E-state index contributed by atoms with van der Waals surface area (Å²) in [4.78, 5) is 0. The topological polar surface area (TPSA) is 18.5 Å². The van der Waals surface area contributed by atoms with E-state index in [0.29, 0.717) is 0 Å². The van der Waals surface area contributed by atoms with Crippen molar-refractivity contribution < 1.29 is 9.31 Å². The van der Waals surface area contributed by atoms with Crippen LogP contribution in [0, 0.1) is 0 Å². The Morgan fingerprint density at radius 2 is 1.89 bits per heavy atom. The fourth-order valence-electron chi connectivity index (χ4n) is 0.547. The SMILES string of the molecule is C=C(C)CB(OC)OC. The lowest BCUT2D eigenvalue weighted by Gasteiger charge is -2.06. The molecular formula is C6H13BO2. The summed E-state index contributed by atoms with van der Waals surface area (Å²) in [5.41, 5.74) is 1.07. The van der Waals surface area contributed by atoms with Crippen molar-refractivity contribution in [3.63, 3.8) is 0 Å². The van der Waals surface area contributed by atoms with Crippen LogP contribution in [0.15, 0.2) is 12.2 Å². The summed E-state index contributed by atoms with van der Waals surface area (Å²) in [5, 5.41) is 0. The molecule has 0 saturated heterocycles. The summed E-state index contributed by atoms with van der Waals surface area (Å²) in [6.45, 7) is 5.68. The molecule has 0 heterocycles. The van der Waals surface area contributed by atoms with E-state index in [4.69, 9.17) is 9.31 Å². The molecule has 0 amide bonds. The van der Waals surface area contributed by atoms with E-state index in [2.05, 4.69) is 6.58 Å². The Morgan fingerprint density at radius 3 is 2.00 bits per heavy atom. The first-order valence-corrected chi connectivity index (χ1v) is 2.90. The summed E-state index contributed by atoms with van der Waals surface area (Å²) >= 11 is 0. The van der Waals surface area contributed by atoms with Crippen molar-refractivity contribution in [2.45, 2.75) is 13.2 Å². The zero-order valence-corrected chi connectivity index (χ0v) is 6.31. The predicted octanol–water partition coefficient (Wildman–Crippen LogP) is 1.34. The van der Waals surface area contributed by atoms with Gasteiger partial charge >= 0.3 is 7.12 Å². The summed E-state index contributed by atoms with van der Waals surface area (Å²) in [6, 6.07) is 0. The second-order valence-electron chi connectivity index (χ2n) is 2.06. The van der Waals surface area contributed by atoms with Crippen LogP contribution in [0.5, 0.6) is 0 Å². The second kappa shape index (κ2) is 4.59. The fourth-order valence-corrected chi connectivity index (χ4v) is 0.547. The average molecular weight is 128 g/mol. The number of rotatable bonds is 4. The van der Waals surface area contributed by atoms with Gasteiger partial charge in [0.2, 0.25) is 0 Å². The highest BCUT2D eigenvalue weighted by Gasteiger charge is 2.12. The molecule has 0 aromatic carbocycles. The molecule has 0 rings (SSSR count). The van der Waals surface area contributed by atoms with Gasteiger partial charge < -0.3 is 9.31 Å². The van der Waals surface area contributed by atoms with Gasteiger partial charge in [-0.25, -0.2) is 0 Å². The summed E-state index contributed by atoms with van der Waals surface area (Å²) in [7, 11) is 3.12. The van der Waals surface area contributed by atoms with Crippen molar-refractivity contribution in [1.82, 2.24) is 0 Å². The maximum absolute atomic E-state index is 4.93. The van der Waals surface area contributed by atoms with Gasteiger partial charge in [0, 0.05) is 20.5 Å². The normalized spacial score (nSPS) is 9.22. The molecule has 0 aromatic rings. The monoisotopic (exact) mass is 128 g/mol. The molecule has 0 atom stereocenters. The smallest absolute Gasteiger partial charge is 0.414 e. The molecule has 0 saturated carbocycles. The molecule has 0 aliphatic rings. The van der Waals surface area contributed by atoms with Gasteiger partial charge in [-0.3, -0.25) is 0 Å². The van der Waals surface area contributed by atoms with Gasteiger partial charge in [-0.15, -0.1) is 6.58 Å². The van der Waals surface area contributed by atoms with E-state index in [9.17, 15) is 0 Å². The van der Waals surface area contributed by atoms with Gasteiger partial charge in [-0.2, -0.15) is 0 Å². The van der Waals surface area contributed by atoms with E-state index in [1.165, 1.54) is 0 Å². The maximum Gasteiger partial charge on any atom is 0.460 e. The second-order valence-corrected chi connectivity index (χ2v) is 2.06. The lowest BCUT2D eigenvalue weighted by molar-refractivity contribution is 0.280. The van der Waals surface area contributed by atoms with Crippen molar-refractivity contribution >= 4 is 7.12 Å². The molecular weight excluding hydrogens is 115 g/mol. The van der Waals surface area contributed by atoms with Crippen molar-refractivity contribution in [1.29, 1.82) is 0 Å². The van der Waals surface area contributed by atoms with E-state index in [1.54, 1.807) is 14.2 Å². The molecule has 0 N–H and O–H groups in total. The minimum atomic E-state index is -0.123. The van der Waals surface area contributed by atoms with E-state index in [1.807, 2.05) is 6.92 Å². The molecule has 0 spiro atoms. The number of hydrogen-bond donors (Lipinski definition) is 0. The first-order chi connectivity index (χ1) is 4.20. The average Bonchev–Trinajstić information content (AvgIpc) is 1.82. The lowest BCUT2D eigenvalue weighted by atomic mass is 9.81. The lowest BCUT2D eigenvalue weighted by Crippen LogP contribution is -2.18. The third-order valence-corrected chi connectivity index (χ3v) is 1.04. The first-order valence-electron chi connectivity index (χ1n) is 2.90. The molecule has 0 radical (unpaired) electrons. The largest absolute Gasteiger partial charge is 0.460 e. The molecule has 0 aromatic heterocycles. The van der Waals surface area contributed by atoms with Gasteiger partial charge in [0.25, 0.3) is 0 Å². The van der Waals surface area contributed by atoms with Gasteiger partial charge in [0.15, 0.2) is 0 Å². The van der Waals surface area contributed by atoms with Crippen molar-refractivity contribution in [2.75, 3.05) is 14.2 Å². The van der Waals surface area contributed by atoms with Crippen LogP contribution >= 0.6 is 0 Å². The summed E-state index contributed by atoms with van der Waals surface area (Å²) in [5.74, 6) is 0. The predicted molar refractivity (Wildman–Crippen MR) is 39.4 cm³/mol. The molecule has 3 heteroatoms. The van der Waals surface area contributed by atoms with Crippen LogP contribution in [0.4, 0.5) is 0 Å². The van der Waals surface area contributed by atoms with Gasteiger partial charge in [-0.1, -0.05) is 5.57 Å². The summed E-state index contributed by atoms with van der Waals surface area (Å²) < 4.78 is 9.85. The van der Waals surface area contributed by atoms with E-state index >= 15 is 0 Å². The van der Waals surface area contributed by atoms with Crippen LogP contribution in [0.1, 0.15) is 6.92 Å². The Hall–Kier alpha value is -0.275. The Balaban J connectivity index is 3.43. The number of hydrogen-bond acceptors (Lipinski definition) is 2. The Labute approximate surface area is 57.0 Å².